The van der Waals surface area contributed by atoms with Crippen molar-refractivity contribution in [2.75, 3.05) is 12.4 Å². The van der Waals surface area contributed by atoms with Gasteiger partial charge in [0.25, 0.3) is 5.91 Å². The molecule has 6 nitrogen and oxygen atoms in total. The van der Waals surface area contributed by atoms with E-state index in [-0.39, 0.29) is 5.91 Å². The molecule has 0 aliphatic carbocycles. The molecule has 1 amide bonds. The number of hydrogen-bond acceptors (Lipinski definition) is 5. The molecule has 0 aromatic carbocycles. The fourth-order valence-corrected chi connectivity index (χ4v) is 1.28. The van der Waals surface area contributed by atoms with E-state index in [0.717, 1.165) is 0 Å². The molecule has 0 aliphatic rings. The molecule has 0 atom stereocenters. The molecule has 1 N–H and O–H groups in total. The van der Waals surface area contributed by atoms with E-state index in [2.05, 4.69) is 15.5 Å². The monoisotopic (exact) mass is 233 g/mol. The van der Waals surface area contributed by atoms with Crippen molar-refractivity contribution in [3.8, 4) is 5.88 Å². The van der Waals surface area contributed by atoms with Crippen LogP contribution in [0.2, 0.25) is 0 Å². The lowest BCUT2D eigenvalue weighted by Crippen LogP contribution is -2.12. The average Bonchev–Trinajstić information content (AvgIpc) is 2.76. The molecule has 0 unspecified atom stereocenters. The van der Waals surface area contributed by atoms with Crippen LogP contribution in [0.1, 0.15) is 16.1 Å². The Kier molecular flexibility index (Phi) is 3.04. The highest BCUT2D eigenvalue weighted by atomic mass is 16.5. The van der Waals surface area contributed by atoms with Gasteiger partial charge in [-0.15, -0.1) is 0 Å². The second kappa shape index (κ2) is 4.65. The van der Waals surface area contributed by atoms with Gasteiger partial charge in [0, 0.05) is 6.07 Å². The molecule has 88 valence electrons. The van der Waals surface area contributed by atoms with Crippen molar-refractivity contribution in [1.82, 2.24) is 10.1 Å². The molecular weight excluding hydrogens is 222 g/mol. The lowest BCUT2D eigenvalue weighted by molar-refractivity contribution is 0.102. The quantitative estimate of drug-likeness (QED) is 0.871. The van der Waals surface area contributed by atoms with Crippen LogP contribution in [0.5, 0.6) is 5.88 Å². The van der Waals surface area contributed by atoms with Crippen LogP contribution in [0.3, 0.4) is 0 Å². The zero-order valence-corrected chi connectivity index (χ0v) is 9.43. The van der Waals surface area contributed by atoms with Crippen LogP contribution in [0.25, 0.3) is 0 Å². The molecule has 0 spiro atoms. The van der Waals surface area contributed by atoms with Crippen LogP contribution < -0.4 is 10.1 Å². The lowest BCUT2D eigenvalue weighted by atomic mass is 10.2. The van der Waals surface area contributed by atoms with Crippen molar-refractivity contribution in [2.45, 2.75) is 6.92 Å². The van der Waals surface area contributed by atoms with Crippen LogP contribution >= 0.6 is 0 Å². The van der Waals surface area contributed by atoms with Gasteiger partial charge < -0.3 is 14.6 Å². The van der Waals surface area contributed by atoms with Crippen LogP contribution in [0.4, 0.5) is 5.69 Å². The Morgan fingerprint density at radius 2 is 2.29 bits per heavy atom. The summed E-state index contributed by atoms with van der Waals surface area (Å²) in [4.78, 5) is 15.8. The highest BCUT2D eigenvalue weighted by Crippen LogP contribution is 2.13. The van der Waals surface area contributed by atoms with E-state index >= 15 is 0 Å². The van der Waals surface area contributed by atoms with Crippen molar-refractivity contribution in [3.05, 3.63) is 35.9 Å². The smallest absolute Gasteiger partial charge is 0.260 e. The summed E-state index contributed by atoms with van der Waals surface area (Å²) in [5.41, 5.74) is 1.53. The van der Waals surface area contributed by atoms with Gasteiger partial charge >= 0.3 is 0 Å². The maximum absolute atomic E-state index is 11.8. The average molecular weight is 233 g/mol. The Bertz CT molecular complexity index is 519. The first-order valence-electron chi connectivity index (χ1n) is 4.93. The largest absolute Gasteiger partial charge is 0.481 e. The number of ether oxygens (including phenoxy) is 1. The summed E-state index contributed by atoms with van der Waals surface area (Å²) in [5.74, 6) is 0.208. The molecule has 0 saturated carbocycles. The van der Waals surface area contributed by atoms with Crippen LogP contribution in [-0.4, -0.2) is 23.2 Å². The van der Waals surface area contributed by atoms with Gasteiger partial charge in [-0.1, -0.05) is 5.16 Å². The van der Waals surface area contributed by atoms with E-state index in [1.165, 1.54) is 19.6 Å². The van der Waals surface area contributed by atoms with Gasteiger partial charge in [0.2, 0.25) is 5.88 Å². The van der Waals surface area contributed by atoms with E-state index in [4.69, 9.17) is 9.26 Å². The van der Waals surface area contributed by atoms with Crippen LogP contribution in [-0.2, 0) is 0 Å². The highest BCUT2D eigenvalue weighted by Gasteiger charge is 2.12. The molecule has 2 rings (SSSR count). The van der Waals surface area contributed by atoms with E-state index in [1.807, 2.05) is 0 Å². The lowest BCUT2D eigenvalue weighted by Gasteiger charge is -2.04. The Morgan fingerprint density at radius 3 is 2.82 bits per heavy atom. The summed E-state index contributed by atoms with van der Waals surface area (Å²) in [7, 11) is 1.53. The fourth-order valence-electron chi connectivity index (χ4n) is 1.28. The normalized spacial score (nSPS) is 10.0. The summed E-state index contributed by atoms with van der Waals surface area (Å²) < 4.78 is 9.61. The minimum atomic E-state index is -0.282. The first-order valence-corrected chi connectivity index (χ1v) is 4.93. The molecule has 0 saturated heterocycles. The molecule has 2 heterocycles. The number of amides is 1. The number of aromatic nitrogens is 2. The Balaban J connectivity index is 2.10. The molecule has 0 aliphatic heterocycles. The van der Waals surface area contributed by atoms with Crippen molar-refractivity contribution in [1.29, 1.82) is 0 Å². The number of methoxy groups -OCH3 is 1. The van der Waals surface area contributed by atoms with Crippen molar-refractivity contribution in [2.24, 2.45) is 0 Å². The number of carbonyl (C=O) groups excluding carboxylic acids is 1. The fraction of sp³-hybridized carbons (Fsp3) is 0.182. The molecule has 0 radical (unpaired) electrons. The minimum Gasteiger partial charge on any atom is -0.481 e. The Hall–Kier alpha value is -2.37. The molecule has 0 fully saturated rings. The first-order chi connectivity index (χ1) is 8.20. The third kappa shape index (κ3) is 2.41. The van der Waals surface area contributed by atoms with Gasteiger partial charge in [-0.2, -0.15) is 0 Å². The van der Waals surface area contributed by atoms with Gasteiger partial charge in [-0.25, -0.2) is 4.98 Å². The van der Waals surface area contributed by atoms with Crippen molar-refractivity contribution in [3.63, 3.8) is 0 Å². The number of rotatable bonds is 3. The van der Waals surface area contributed by atoms with E-state index < -0.39 is 0 Å². The Labute approximate surface area is 97.6 Å². The number of nitrogens with one attached hydrogen (secondary N) is 1. The maximum Gasteiger partial charge on any atom is 0.260 e. The topological polar surface area (TPSA) is 77.2 Å². The number of hydrogen-bond donors (Lipinski definition) is 1. The van der Waals surface area contributed by atoms with Crippen molar-refractivity contribution >= 4 is 11.6 Å². The summed E-state index contributed by atoms with van der Waals surface area (Å²) in [6.45, 7) is 1.70. The predicted molar refractivity (Wildman–Crippen MR) is 60.0 cm³/mol. The van der Waals surface area contributed by atoms with Gasteiger partial charge in [0.05, 0.1) is 24.7 Å². The van der Waals surface area contributed by atoms with Crippen LogP contribution in [0, 0.1) is 6.92 Å². The first kappa shape index (κ1) is 11.1. The van der Waals surface area contributed by atoms with Gasteiger partial charge in [0.1, 0.15) is 11.8 Å². The SMILES string of the molecule is COc1ccc(NC(=O)c2conc2C)cn1. The van der Waals surface area contributed by atoms with E-state index in [1.54, 1.807) is 19.1 Å². The third-order valence-corrected chi connectivity index (χ3v) is 2.20. The minimum absolute atomic E-state index is 0.282. The van der Waals surface area contributed by atoms with Crippen LogP contribution in [0.15, 0.2) is 29.1 Å². The predicted octanol–water partition coefficient (Wildman–Crippen LogP) is 1.64. The molecule has 6 heteroatoms. The van der Waals surface area contributed by atoms with Gasteiger partial charge in [-0.05, 0) is 13.0 Å². The summed E-state index contributed by atoms with van der Waals surface area (Å²) in [6.07, 6.45) is 2.82. The number of anilines is 1. The zero-order chi connectivity index (χ0) is 12.3. The number of pyridine rings is 1. The zero-order valence-electron chi connectivity index (χ0n) is 9.43. The summed E-state index contributed by atoms with van der Waals surface area (Å²) >= 11 is 0. The Morgan fingerprint density at radius 1 is 1.47 bits per heavy atom. The molecule has 2 aromatic rings. The molecular formula is C11H11N3O3. The molecule has 0 bridgehead atoms. The molecule has 2 aromatic heterocycles. The van der Waals surface area contributed by atoms with E-state index in [0.29, 0.717) is 22.8 Å². The standard InChI is InChI=1S/C11H11N3O3/c1-7-9(6-17-14-7)11(15)13-8-3-4-10(16-2)12-5-8/h3-6H,1-2H3,(H,13,15). The van der Waals surface area contributed by atoms with Gasteiger partial charge in [-0.3, -0.25) is 4.79 Å². The van der Waals surface area contributed by atoms with E-state index in [9.17, 15) is 4.79 Å². The number of aryl methyl sites for hydroxylation is 1. The maximum atomic E-state index is 11.8. The van der Waals surface area contributed by atoms with Gasteiger partial charge in [0.15, 0.2) is 0 Å². The third-order valence-electron chi connectivity index (χ3n) is 2.20. The highest BCUT2D eigenvalue weighted by molar-refractivity contribution is 6.04. The summed E-state index contributed by atoms with van der Waals surface area (Å²) in [6, 6.07) is 3.36. The second-order valence-electron chi connectivity index (χ2n) is 3.36. The number of nitrogens with zero attached hydrogens (tertiary/aromatic N) is 2. The second-order valence-corrected chi connectivity index (χ2v) is 3.36. The number of carbonyl (C=O) groups is 1. The van der Waals surface area contributed by atoms with Crippen molar-refractivity contribution < 1.29 is 14.1 Å². The summed E-state index contributed by atoms with van der Waals surface area (Å²) in [5, 5.41) is 6.31. The molecule has 17 heavy (non-hydrogen) atoms.